The Hall–Kier alpha value is -1.38. The van der Waals surface area contributed by atoms with Crippen molar-refractivity contribution in [1.82, 2.24) is 4.98 Å². The van der Waals surface area contributed by atoms with Gasteiger partial charge in [-0.3, -0.25) is 9.78 Å². The monoisotopic (exact) mass is 205 g/mol. The molecule has 1 heterocycles. The van der Waals surface area contributed by atoms with Crippen LogP contribution in [0.4, 0.5) is 0 Å². The van der Waals surface area contributed by atoms with Crippen molar-refractivity contribution >= 4 is 5.97 Å². The fourth-order valence-corrected chi connectivity index (χ4v) is 1.91. The molecule has 0 unspecified atom stereocenters. The van der Waals surface area contributed by atoms with E-state index in [4.69, 9.17) is 4.74 Å². The number of carbonyl (C=O) groups excluding carboxylic acids is 1. The fraction of sp³-hybridized carbons (Fsp3) is 0.500. The third-order valence-corrected chi connectivity index (χ3v) is 2.93. The standard InChI is InChI=1S/C12H15NO2/c1-2-15-11(14)9-12(5-6-12)10-3-7-13-8-4-10/h3-4,7-8H,2,5-6,9H2,1H3. The van der Waals surface area contributed by atoms with E-state index in [9.17, 15) is 4.79 Å². The van der Waals surface area contributed by atoms with E-state index >= 15 is 0 Å². The lowest BCUT2D eigenvalue weighted by atomic mass is 9.93. The van der Waals surface area contributed by atoms with Crippen LogP contribution in [0.5, 0.6) is 0 Å². The molecule has 1 fully saturated rings. The van der Waals surface area contributed by atoms with E-state index in [0.29, 0.717) is 13.0 Å². The lowest BCUT2D eigenvalue weighted by Crippen LogP contribution is -2.15. The van der Waals surface area contributed by atoms with Crippen molar-refractivity contribution in [2.75, 3.05) is 6.61 Å². The fourth-order valence-electron chi connectivity index (χ4n) is 1.91. The molecule has 1 saturated carbocycles. The molecular formula is C12H15NO2. The Morgan fingerprint density at radius 2 is 2.13 bits per heavy atom. The first-order valence-corrected chi connectivity index (χ1v) is 5.33. The van der Waals surface area contributed by atoms with E-state index in [2.05, 4.69) is 4.98 Å². The number of hydrogen-bond donors (Lipinski definition) is 0. The molecule has 80 valence electrons. The van der Waals surface area contributed by atoms with Crippen molar-refractivity contribution in [2.24, 2.45) is 0 Å². The van der Waals surface area contributed by atoms with E-state index in [1.165, 1.54) is 5.56 Å². The second-order valence-corrected chi connectivity index (χ2v) is 4.00. The number of nitrogens with zero attached hydrogens (tertiary/aromatic N) is 1. The third-order valence-electron chi connectivity index (χ3n) is 2.93. The summed E-state index contributed by atoms with van der Waals surface area (Å²) in [5.74, 6) is -0.0909. The predicted octanol–water partition coefficient (Wildman–Crippen LogP) is 2.07. The number of ether oxygens (including phenoxy) is 1. The van der Waals surface area contributed by atoms with E-state index < -0.39 is 0 Å². The number of esters is 1. The molecule has 15 heavy (non-hydrogen) atoms. The van der Waals surface area contributed by atoms with E-state index in [0.717, 1.165) is 12.8 Å². The third kappa shape index (κ3) is 2.17. The highest BCUT2D eigenvalue weighted by molar-refractivity contribution is 5.72. The largest absolute Gasteiger partial charge is 0.466 e. The Morgan fingerprint density at radius 3 is 2.67 bits per heavy atom. The van der Waals surface area contributed by atoms with Gasteiger partial charge in [-0.1, -0.05) is 0 Å². The lowest BCUT2D eigenvalue weighted by molar-refractivity contribution is -0.143. The molecule has 0 radical (unpaired) electrons. The van der Waals surface area contributed by atoms with Crippen molar-refractivity contribution in [1.29, 1.82) is 0 Å². The van der Waals surface area contributed by atoms with Crippen molar-refractivity contribution < 1.29 is 9.53 Å². The summed E-state index contributed by atoms with van der Waals surface area (Å²) < 4.78 is 4.98. The maximum Gasteiger partial charge on any atom is 0.306 e. The van der Waals surface area contributed by atoms with E-state index in [1.807, 2.05) is 19.1 Å². The highest BCUT2D eigenvalue weighted by atomic mass is 16.5. The molecule has 1 aromatic rings. The smallest absolute Gasteiger partial charge is 0.306 e. The van der Waals surface area contributed by atoms with Gasteiger partial charge in [0.25, 0.3) is 0 Å². The maximum absolute atomic E-state index is 11.4. The molecule has 0 spiro atoms. The lowest BCUT2D eigenvalue weighted by Gasteiger charge is -2.13. The highest BCUT2D eigenvalue weighted by Crippen LogP contribution is 2.50. The number of hydrogen-bond acceptors (Lipinski definition) is 3. The van der Waals surface area contributed by atoms with Crippen molar-refractivity contribution in [2.45, 2.75) is 31.6 Å². The van der Waals surface area contributed by atoms with Gasteiger partial charge >= 0.3 is 5.97 Å². The second kappa shape index (κ2) is 4.01. The van der Waals surface area contributed by atoms with Crippen LogP contribution in [0.1, 0.15) is 31.7 Å². The maximum atomic E-state index is 11.4. The van der Waals surface area contributed by atoms with Gasteiger partial charge in [0.15, 0.2) is 0 Å². The van der Waals surface area contributed by atoms with Crippen LogP contribution in [0.3, 0.4) is 0 Å². The van der Waals surface area contributed by atoms with Crippen LogP contribution in [0.15, 0.2) is 24.5 Å². The topological polar surface area (TPSA) is 39.2 Å². The van der Waals surface area contributed by atoms with Crippen LogP contribution in [0.25, 0.3) is 0 Å². The Kier molecular flexibility index (Phi) is 2.71. The SMILES string of the molecule is CCOC(=O)CC1(c2ccncc2)CC1. The molecule has 1 aliphatic carbocycles. The first-order chi connectivity index (χ1) is 7.27. The zero-order valence-electron chi connectivity index (χ0n) is 8.90. The summed E-state index contributed by atoms with van der Waals surface area (Å²) in [4.78, 5) is 15.4. The van der Waals surface area contributed by atoms with Crippen LogP contribution >= 0.6 is 0 Å². The summed E-state index contributed by atoms with van der Waals surface area (Å²) in [7, 11) is 0. The predicted molar refractivity (Wildman–Crippen MR) is 56.4 cm³/mol. The summed E-state index contributed by atoms with van der Waals surface area (Å²) in [6.07, 6.45) is 6.22. The molecule has 3 nitrogen and oxygen atoms in total. The van der Waals surface area contributed by atoms with Gasteiger partial charge in [0.05, 0.1) is 13.0 Å². The van der Waals surface area contributed by atoms with Gasteiger partial charge in [0.1, 0.15) is 0 Å². The van der Waals surface area contributed by atoms with Crippen LogP contribution in [-0.4, -0.2) is 17.6 Å². The second-order valence-electron chi connectivity index (χ2n) is 4.00. The van der Waals surface area contributed by atoms with E-state index in [1.54, 1.807) is 12.4 Å². The Balaban J connectivity index is 2.05. The minimum absolute atomic E-state index is 0.0508. The van der Waals surface area contributed by atoms with Crippen LogP contribution in [0.2, 0.25) is 0 Å². The summed E-state index contributed by atoms with van der Waals surface area (Å²) in [6.45, 7) is 2.30. The summed E-state index contributed by atoms with van der Waals surface area (Å²) in [5.41, 5.74) is 1.26. The summed E-state index contributed by atoms with van der Waals surface area (Å²) in [6, 6.07) is 3.98. The summed E-state index contributed by atoms with van der Waals surface area (Å²) in [5, 5.41) is 0. The molecule has 0 amide bonds. The number of aromatic nitrogens is 1. The molecule has 0 saturated heterocycles. The molecule has 0 atom stereocenters. The molecule has 3 heteroatoms. The van der Waals surface area contributed by atoms with Crippen molar-refractivity contribution in [3.63, 3.8) is 0 Å². The van der Waals surface area contributed by atoms with Gasteiger partial charge in [0.2, 0.25) is 0 Å². The minimum atomic E-state index is -0.0909. The Bertz CT molecular complexity index is 344. The van der Waals surface area contributed by atoms with Gasteiger partial charge in [-0.25, -0.2) is 0 Å². The zero-order chi connectivity index (χ0) is 10.7. The number of carbonyl (C=O) groups is 1. The number of rotatable bonds is 4. The van der Waals surface area contributed by atoms with Gasteiger partial charge in [-0.05, 0) is 37.5 Å². The number of pyridine rings is 1. The highest BCUT2D eigenvalue weighted by Gasteiger charge is 2.46. The quantitative estimate of drug-likeness (QED) is 0.706. The molecule has 1 aromatic heterocycles. The zero-order valence-corrected chi connectivity index (χ0v) is 8.90. The van der Waals surface area contributed by atoms with E-state index in [-0.39, 0.29) is 11.4 Å². The first-order valence-electron chi connectivity index (χ1n) is 5.33. The molecule has 0 N–H and O–H groups in total. The van der Waals surface area contributed by atoms with Gasteiger partial charge in [-0.15, -0.1) is 0 Å². The normalized spacial score (nSPS) is 17.1. The molecule has 1 aliphatic rings. The van der Waals surface area contributed by atoms with Gasteiger partial charge in [-0.2, -0.15) is 0 Å². The minimum Gasteiger partial charge on any atom is -0.466 e. The Labute approximate surface area is 89.5 Å². The summed E-state index contributed by atoms with van der Waals surface area (Å²) >= 11 is 0. The van der Waals surface area contributed by atoms with Crippen molar-refractivity contribution in [3.8, 4) is 0 Å². The van der Waals surface area contributed by atoms with Crippen LogP contribution in [0, 0.1) is 0 Å². The molecule has 0 aliphatic heterocycles. The van der Waals surface area contributed by atoms with Crippen LogP contribution < -0.4 is 0 Å². The van der Waals surface area contributed by atoms with Gasteiger partial charge in [0, 0.05) is 17.8 Å². The first kappa shape index (κ1) is 10.1. The van der Waals surface area contributed by atoms with Gasteiger partial charge < -0.3 is 4.74 Å². The average molecular weight is 205 g/mol. The molecule has 0 bridgehead atoms. The van der Waals surface area contributed by atoms with Crippen LogP contribution in [-0.2, 0) is 14.9 Å². The Morgan fingerprint density at radius 1 is 1.47 bits per heavy atom. The molecule has 0 aromatic carbocycles. The van der Waals surface area contributed by atoms with Crippen molar-refractivity contribution in [3.05, 3.63) is 30.1 Å². The molecular weight excluding hydrogens is 190 g/mol. The average Bonchev–Trinajstić information content (AvgIpc) is 3.01. The molecule has 2 rings (SSSR count).